The van der Waals surface area contributed by atoms with Crippen LogP contribution >= 0.6 is 11.6 Å². The highest BCUT2D eigenvalue weighted by molar-refractivity contribution is 6.33. The van der Waals surface area contributed by atoms with E-state index >= 15 is 0 Å². The van der Waals surface area contributed by atoms with Crippen LogP contribution in [0.25, 0.3) is 11.0 Å². The van der Waals surface area contributed by atoms with Crippen molar-refractivity contribution in [3.05, 3.63) is 68.5 Å². The molecule has 24 heavy (non-hydrogen) atoms. The van der Waals surface area contributed by atoms with E-state index in [4.69, 9.17) is 11.6 Å². The predicted molar refractivity (Wildman–Crippen MR) is 90.1 cm³/mol. The Morgan fingerprint density at radius 1 is 1.38 bits per heavy atom. The van der Waals surface area contributed by atoms with Gasteiger partial charge in [0.25, 0.3) is 5.91 Å². The summed E-state index contributed by atoms with van der Waals surface area (Å²) >= 11 is 5.81. The van der Waals surface area contributed by atoms with Crippen LogP contribution in [0.4, 0.5) is 5.69 Å². The number of rotatable bonds is 4. The molecule has 8 heteroatoms. The van der Waals surface area contributed by atoms with Gasteiger partial charge in [-0.25, -0.2) is 4.98 Å². The van der Waals surface area contributed by atoms with E-state index in [1.54, 1.807) is 0 Å². The van der Waals surface area contributed by atoms with Gasteiger partial charge in [-0.3, -0.25) is 14.9 Å². The molecule has 122 valence electrons. The van der Waals surface area contributed by atoms with E-state index in [9.17, 15) is 14.9 Å². The number of benzene rings is 2. The third kappa shape index (κ3) is 3.07. The zero-order valence-electron chi connectivity index (χ0n) is 12.7. The summed E-state index contributed by atoms with van der Waals surface area (Å²) in [6, 6.07) is 10.0. The van der Waals surface area contributed by atoms with Gasteiger partial charge in [-0.1, -0.05) is 23.7 Å². The van der Waals surface area contributed by atoms with Gasteiger partial charge in [0.05, 0.1) is 22.5 Å². The van der Waals surface area contributed by atoms with Crippen LogP contribution in [0.3, 0.4) is 0 Å². The lowest BCUT2D eigenvalue weighted by Crippen LogP contribution is -2.24. The zero-order valence-corrected chi connectivity index (χ0v) is 13.4. The minimum Gasteiger partial charge on any atom is -0.345 e. The molecule has 2 aromatic carbocycles. The van der Waals surface area contributed by atoms with Gasteiger partial charge in [-0.05, 0) is 36.8 Å². The molecule has 2 N–H and O–H groups in total. The Bertz CT molecular complexity index is 952. The smallest absolute Gasteiger partial charge is 0.300 e. The van der Waals surface area contributed by atoms with Crippen molar-refractivity contribution in [2.45, 2.75) is 13.5 Å². The van der Waals surface area contributed by atoms with E-state index in [1.807, 2.05) is 25.1 Å². The molecule has 0 spiro atoms. The summed E-state index contributed by atoms with van der Waals surface area (Å²) < 4.78 is 0. The van der Waals surface area contributed by atoms with Gasteiger partial charge in [0.15, 0.2) is 0 Å². The minimum atomic E-state index is -0.665. The fourth-order valence-electron chi connectivity index (χ4n) is 2.40. The Balaban J connectivity index is 1.80. The van der Waals surface area contributed by atoms with E-state index in [0.29, 0.717) is 5.82 Å². The molecule has 0 unspecified atom stereocenters. The Kier molecular flexibility index (Phi) is 4.18. The number of amides is 1. The normalized spacial score (nSPS) is 10.8. The number of nitro benzene ring substituents is 1. The number of H-pyrrole nitrogens is 1. The standard InChI is InChI=1S/C16H13ClN4O3/c1-9-5-6-12-13(7-9)20-14(19-12)8-18-16(22)10-3-2-4-11(17)15(10)21(23)24/h2-7H,8H2,1H3,(H,18,22)(H,19,20). The second-order valence-electron chi connectivity index (χ2n) is 5.28. The van der Waals surface area contributed by atoms with Crippen molar-refractivity contribution in [2.24, 2.45) is 0 Å². The van der Waals surface area contributed by atoms with E-state index in [1.165, 1.54) is 18.2 Å². The third-order valence-corrected chi connectivity index (χ3v) is 3.82. The number of aromatic nitrogens is 2. The van der Waals surface area contributed by atoms with Crippen molar-refractivity contribution in [3.8, 4) is 0 Å². The summed E-state index contributed by atoms with van der Waals surface area (Å²) in [6.07, 6.45) is 0. The quantitative estimate of drug-likeness (QED) is 0.559. The number of halogens is 1. The van der Waals surface area contributed by atoms with Crippen molar-refractivity contribution in [1.82, 2.24) is 15.3 Å². The number of carbonyl (C=O) groups is 1. The van der Waals surface area contributed by atoms with Crippen molar-refractivity contribution in [3.63, 3.8) is 0 Å². The van der Waals surface area contributed by atoms with Crippen LogP contribution in [-0.4, -0.2) is 20.8 Å². The Labute approximate surface area is 141 Å². The highest BCUT2D eigenvalue weighted by Gasteiger charge is 2.23. The molecule has 0 fully saturated rings. The maximum atomic E-state index is 12.2. The summed E-state index contributed by atoms with van der Waals surface area (Å²) in [4.78, 5) is 30.1. The number of fused-ring (bicyclic) bond motifs is 1. The average Bonchev–Trinajstić information content (AvgIpc) is 2.93. The van der Waals surface area contributed by atoms with Gasteiger partial charge >= 0.3 is 5.69 Å². The molecule has 0 bridgehead atoms. The lowest BCUT2D eigenvalue weighted by molar-refractivity contribution is -0.385. The van der Waals surface area contributed by atoms with Crippen LogP contribution in [0, 0.1) is 17.0 Å². The first-order valence-corrected chi connectivity index (χ1v) is 7.50. The number of hydrogen-bond acceptors (Lipinski definition) is 4. The van der Waals surface area contributed by atoms with Gasteiger partial charge < -0.3 is 10.3 Å². The largest absolute Gasteiger partial charge is 0.345 e. The highest BCUT2D eigenvalue weighted by atomic mass is 35.5. The number of nitrogens with one attached hydrogen (secondary N) is 2. The number of nitrogens with zero attached hydrogens (tertiary/aromatic N) is 2. The molecular weight excluding hydrogens is 332 g/mol. The van der Waals surface area contributed by atoms with Crippen LogP contribution in [0.2, 0.25) is 5.02 Å². The summed E-state index contributed by atoms with van der Waals surface area (Å²) in [5.74, 6) is -0.0190. The van der Waals surface area contributed by atoms with Gasteiger partial charge in [-0.15, -0.1) is 0 Å². The number of imidazole rings is 1. The van der Waals surface area contributed by atoms with E-state index in [-0.39, 0.29) is 17.1 Å². The van der Waals surface area contributed by atoms with Gasteiger partial charge in [0.2, 0.25) is 0 Å². The minimum absolute atomic E-state index is 0.0770. The van der Waals surface area contributed by atoms with Crippen molar-refractivity contribution >= 4 is 34.2 Å². The van der Waals surface area contributed by atoms with Crippen LogP contribution in [0.15, 0.2) is 36.4 Å². The monoisotopic (exact) mass is 344 g/mol. The van der Waals surface area contributed by atoms with E-state index in [2.05, 4.69) is 15.3 Å². The van der Waals surface area contributed by atoms with Gasteiger partial charge in [-0.2, -0.15) is 0 Å². The van der Waals surface area contributed by atoms with Crippen LogP contribution in [0.5, 0.6) is 0 Å². The number of hydrogen-bond donors (Lipinski definition) is 2. The number of para-hydroxylation sites is 1. The molecule has 7 nitrogen and oxygen atoms in total. The van der Waals surface area contributed by atoms with Crippen LogP contribution in [-0.2, 0) is 6.54 Å². The molecule has 0 aliphatic rings. The predicted octanol–water partition coefficient (Wildman–Crippen LogP) is 3.36. The summed E-state index contributed by atoms with van der Waals surface area (Å²) in [5.41, 5.74) is 2.26. The third-order valence-electron chi connectivity index (χ3n) is 3.52. The van der Waals surface area contributed by atoms with E-state index in [0.717, 1.165) is 16.6 Å². The van der Waals surface area contributed by atoms with Crippen LogP contribution in [0.1, 0.15) is 21.7 Å². The van der Waals surface area contributed by atoms with E-state index < -0.39 is 16.5 Å². The van der Waals surface area contributed by atoms with Crippen molar-refractivity contribution in [1.29, 1.82) is 0 Å². The van der Waals surface area contributed by atoms with Crippen molar-refractivity contribution < 1.29 is 9.72 Å². The van der Waals surface area contributed by atoms with Crippen LogP contribution < -0.4 is 5.32 Å². The topological polar surface area (TPSA) is 101 Å². The molecule has 0 aliphatic carbocycles. The molecule has 0 saturated heterocycles. The first-order chi connectivity index (χ1) is 11.5. The molecule has 0 aliphatic heterocycles. The SMILES string of the molecule is Cc1ccc2nc(CNC(=O)c3cccc(Cl)c3[N+](=O)[O-])[nH]c2c1. The van der Waals surface area contributed by atoms with Gasteiger partial charge in [0.1, 0.15) is 16.4 Å². The maximum Gasteiger partial charge on any atom is 0.300 e. The molecular formula is C16H13ClN4O3. The second kappa shape index (κ2) is 6.29. The summed E-state index contributed by atoms with van der Waals surface area (Å²) in [6.45, 7) is 2.09. The fraction of sp³-hybridized carbons (Fsp3) is 0.125. The number of aryl methyl sites for hydroxylation is 1. The maximum absolute atomic E-state index is 12.2. The molecule has 0 saturated carbocycles. The molecule has 0 radical (unpaired) electrons. The lowest BCUT2D eigenvalue weighted by atomic mass is 10.1. The first-order valence-electron chi connectivity index (χ1n) is 7.12. The Morgan fingerprint density at radius 3 is 2.92 bits per heavy atom. The lowest BCUT2D eigenvalue weighted by Gasteiger charge is -2.05. The first kappa shape index (κ1) is 15.9. The van der Waals surface area contributed by atoms with Crippen molar-refractivity contribution in [2.75, 3.05) is 0 Å². The molecule has 3 aromatic rings. The number of aromatic amines is 1. The summed E-state index contributed by atoms with van der Waals surface area (Å²) in [7, 11) is 0. The molecule has 1 amide bonds. The Morgan fingerprint density at radius 2 is 2.17 bits per heavy atom. The molecule has 0 atom stereocenters. The Hall–Kier alpha value is -2.93. The van der Waals surface area contributed by atoms with Gasteiger partial charge in [0, 0.05) is 0 Å². The molecule has 1 aromatic heterocycles. The second-order valence-corrected chi connectivity index (χ2v) is 5.69. The molecule has 3 rings (SSSR count). The zero-order chi connectivity index (χ0) is 17.3. The highest BCUT2D eigenvalue weighted by Crippen LogP contribution is 2.28. The molecule has 1 heterocycles. The fourth-order valence-corrected chi connectivity index (χ4v) is 2.65. The summed E-state index contributed by atoms with van der Waals surface area (Å²) in [5, 5.41) is 13.6. The number of carbonyl (C=O) groups excluding carboxylic acids is 1. The average molecular weight is 345 g/mol. The number of nitro groups is 1.